The summed E-state index contributed by atoms with van der Waals surface area (Å²) in [7, 11) is 0. The number of allylic oxidation sites excluding steroid dienone is 1. The number of benzene rings is 1. The highest BCUT2D eigenvalue weighted by molar-refractivity contribution is 5.92. The molecule has 6 heteroatoms. The van der Waals surface area contributed by atoms with Gasteiger partial charge in [0.1, 0.15) is 5.41 Å². The van der Waals surface area contributed by atoms with Gasteiger partial charge in [0.05, 0.1) is 6.61 Å². The van der Waals surface area contributed by atoms with Crippen LogP contribution in [-0.2, 0) is 19.1 Å². The number of ether oxygens (including phenoxy) is 1. The largest absolute Gasteiger partial charge is 0.465 e. The van der Waals surface area contributed by atoms with Crippen LogP contribution in [0.5, 0.6) is 0 Å². The van der Waals surface area contributed by atoms with Crippen molar-refractivity contribution in [1.29, 1.82) is 0 Å². The molecule has 0 spiro atoms. The molecule has 1 aromatic carbocycles. The maximum atomic E-state index is 13.5. The number of likely N-dealkylation sites (tertiary alicyclic amines) is 1. The number of esters is 1. The second-order valence-electron chi connectivity index (χ2n) is 10.4. The van der Waals surface area contributed by atoms with E-state index in [1.54, 1.807) is 0 Å². The van der Waals surface area contributed by atoms with Gasteiger partial charge in [0, 0.05) is 37.7 Å². The summed E-state index contributed by atoms with van der Waals surface area (Å²) in [5, 5.41) is 0. The van der Waals surface area contributed by atoms with Crippen molar-refractivity contribution >= 4 is 17.8 Å². The van der Waals surface area contributed by atoms with Crippen LogP contribution in [0.25, 0.3) is 0 Å². The summed E-state index contributed by atoms with van der Waals surface area (Å²) in [6.45, 7) is 4.26. The first-order valence-electron chi connectivity index (χ1n) is 13.1. The Morgan fingerprint density at radius 2 is 1.79 bits per heavy atom. The van der Waals surface area contributed by atoms with E-state index in [4.69, 9.17) is 4.74 Å². The summed E-state index contributed by atoms with van der Waals surface area (Å²) in [6.07, 6.45) is 6.99. The van der Waals surface area contributed by atoms with Crippen LogP contribution >= 0.6 is 0 Å². The van der Waals surface area contributed by atoms with E-state index in [0.29, 0.717) is 31.9 Å². The fourth-order valence-corrected chi connectivity index (χ4v) is 6.82. The fourth-order valence-electron chi connectivity index (χ4n) is 6.82. The van der Waals surface area contributed by atoms with Crippen molar-refractivity contribution in [3.63, 3.8) is 0 Å². The lowest BCUT2D eigenvalue weighted by Gasteiger charge is -2.51. The molecule has 182 valence electrons. The first kappa shape index (κ1) is 23.1. The molecule has 5 rings (SSSR count). The Hall–Kier alpha value is -2.63. The molecular formula is C28H36N2O4. The number of rotatable bonds is 5. The molecule has 0 bridgehead atoms. The molecule has 1 aliphatic carbocycles. The number of carbonyl (C=O) groups is 3. The standard InChI is InChI=1S/C28H36N2O4/c1-2-34-27(33)28-14-6-10-22-11-7-15-30(25(22)28)26(32)23(19-28)18-24(31)29-16-12-21(13-17-29)20-8-4-3-5-9-20/h3-5,8-9,21,23H,2,6-7,10-19H2,1H3/t23-,28-/m0/s1. The first-order valence-corrected chi connectivity index (χ1v) is 13.1. The summed E-state index contributed by atoms with van der Waals surface area (Å²) in [4.78, 5) is 43.9. The summed E-state index contributed by atoms with van der Waals surface area (Å²) in [5.74, 6) is -0.103. The van der Waals surface area contributed by atoms with Crippen LogP contribution in [-0.4, -0.2) is 53.8 Å². The zero-order valence-electron chi connectivity index (χ0n) is 20.3. The van der Waals surface area contributed by atoms with Gasteiger partial charge in [-0.2, -0.15) is 0 Å². The molecule has 1 aromatic rings. The van der Waals surface area contributed by atoms with Crippen molar-refractivity contribution < 1.29 is 19.1 Å². The van der Waals surface area contributed by atoms with Crippen LogP contribution in [0.2, 0.25) is 0 Å². The SMILES string of the molecule is CCOC(=O)[C@]12CCCC3=C1N(CCC3)C(=O)[C@@H](CC(=O)N1CCC(c3ccccc3)CC1)C2. The fraction of sp³-hybridized carbons (Fsp3) is 0.607. The third-order valence-corrected chi connectivity index (χ3v) is 8.42. The molecule has 34 heavy (non-hydrogen) atoms. The summed E-state index contributed by atoms with van der Waals surface area (Å²) in [5.41, 5.74) is 2.77. The first-order chi connectivity index (χ1) is 16.5. The van der Waals surface area contributed by atoms with Crippen molar-refractivity contribution in [3.8, 4) is 0 Å². The molecule has 3 heterocycles. The maximum absolute atomic E-state index is 13.5. The van der Waals surface area contributed by atoms with Gasteiger partial charge in [0.15, 0.2) is 0 Å². The average molecular weight is 465 g/mol. The summed E-state index contributed by atoms with van der Waals surface area (Å²) in [6, 6.07) is 10.5. The Labute approximate surface area is 202 Å². The molecule has 0 saturated carbocycles. The van der Waals surface area contributed by atoms with Gasteiger partial charge < -0.3 is 14.5 Å². The quantitative estimate of drug-likeness (QED) is 0.606. The van der Waals surface area contributed by atoms with Crippen LogP contribution in [0.15, 0.2) is 41.6 Å². The van der Waals surface area contributed by atoms with E-state index in [0.717, 1.165) is 57.3 Å². The average Bonchev–Trinajstić information content (AvgIpc) is 2.88. The van der Waals surface area contributed by atoms with Gasteiger partial charge in [0.25, 0.3) is 0 Å². The lowest BCUT2D eigenvalue weighted by atomic mass is 9.63. The van der Waals surface area contributed by atoms with E-state index in [1.165, 1.54) is 11.1 Å². The summed E-state index contributed by atoms with van der Waals surface area (Å²) < 4.78 is 5.56. The Kier molecular flexibility index (Phi) is 6.50. The highest BCUT2D eigenvalue weighted by Gasteiger charge is 2.56. The number of hydrogen-bond acceptors (Lipinski definition) is 4. The minimum Gasteiger partial charge on any atom is -0.465 e. The zero-order valence-corrected chi connectivity index (χ0v) is 20.3. The predicted molar refractivity (Wildman–Crippen MR) is 129 cm³/mol. The molecule has 2 fully saturated rings. The Morgan fingerprint density at radius 1 is 1.06 bits per heavy atom. The van der Waals surface area contributed by atoms with Gasteiger partial charge in [-0.15, -0.1) is 0 Å². The Morgan fingerprint density at radius 3 is 2.53 bits per heavy atom. The molecule has 2 saturated heterocycles. The number of hydrogen-bond donors (Lipinski definition) is 0. The van der Waals surface area contributed by atoms with Gasteiger partial charge in [-0.3, -0.25) is 14.4 Å². The molecule has 0 aromatic heterocycles. The monoisotopic (exact) mass is 464 g/mol. The zero-order chi connectivity index (χ0) is 23.7. The highest BCUT2D eigenvalue weighted by Crippen LogP contribution is 2.54. The topological polar surface area (TPSA) is 66.9 Å². The Bertz CT molecular complexity index is 975. The van der Waals surface area contributed by atoms with E-state index in [-0.39, 0.29) is 24.2 Å². The second kappa shape index (κ2) is 9.55. The van der Waals surface area contributed by atoms with Crippen LogP contribution in [0, 0.1) is 11.3 Å². The predicted octanol–water partition coefficient (Wildman–Crippen LogP) is 4.41. The van der Waals surface area contributed by atoms with Crippen LogP contribution in [0.4, 0.5) is 0 Å². The van der Waals surface area contributed by atoms with Crippen molar-refractivity contribution in [2.75, 3.05) is 26.2 Å². The van der Waals surface area contributed by atoms with Gasteiger partial charge >= 0.3 is 5.97 Å². The number of nitrogens with zero attached hydrogens (tertiary/aromatic N) is 2. The molecule has 6 nitrogen and oxygen atoms in total. The lowest BCUT2D eigenvalue weighted by molar-refractivity contribution is -0.163. The molecule has 0 radical (unpaired) electrons. The number of amides is 2. The van der Waals surface area contributed by atoms with Crippen LogP contribution in [0.3, 0.4) is 0 Å². The van der Waals surface area contributed by atoms with Crippen molar-refractivity contribution in [1.82, 2.24) is 9.80 Å². The normalized spacial score (nSPS) is 27.4. The molecule has 2 amide bonds. The van der Waals surface area contributed by atoms with Crippen LogP contribution in [0.1, 0.15) is 76.2 Å². The van der Waals surface area contributed by atoms with Crippen LogP contribution < -0.4 is 0 Å². The Balaban J connectivity index is 1.31. The number of piperidine rings is 2. The van der Waals surface area contributed by atoms with Gasteiger partial charge in [-0.05, 0) is 75.3 Å². The molecular weight excluding hydrogens is 428 g/mol. The van der Waals surface area contributed by atoms with E-state index < -0.39 is 11.3 Å². The minimum absolute atomic E-state index is 0.0292. The lowest BCUT2D eigenvalue weighted by Crippen LogP contribution is -2.56. The van der Waals surface area contributed by atoms with E-state index in [1.807, 2.05) is 22.8 Å². The van der Waals surface area contributed by atoms with Gasteiger partial charge in [0.2, 0.25) is 11.8 Å². The van der Waals surface area contributed by atoms with Crippen molar-refractivity contribution in [2.45, 2.75) is 70.6 Å². The molecule has 0 N–H and O–H groups in total. The molecule has 4 aliphatic rings. The summed E-state index contributed by atoms with van der Waals surface area (Å²) >= 11 is 0. The maximum Gasteiger partial charge on any atom is 0.318 e. The molecule has 3 aliphatic heterocycles. The molecule has 2 atom stereocenters. The third kappa shape index (κ3) is 4.05. The van der Waals surface area contributed by atoms with E-state index in [2.05, 4.69) is 24.3 Å². The van der Waals surface area contributed by atoms with Crippen molar-refractivity contribution in [2.24, 2.45) is 11.3 Å². The van der Waals surface area contributed by atoms with Gasteiger partial charge in [-0.25, -0.2) is 0 Å². The van der Waals surface area contributed by atoms with Crippen molar-refractivity contribution in [3.05, 3.63) is 47.2 Å². The third-order valence-electron chi connectivity index (χ3n) is 8.42. The second-order valence-corrected chi connectivity index (χ2v) is 10.4. The van der Waals surface area contributed by atoms with Gasteiger partial charge in [-0.1, -0.05) is 30.3 Å². The molecule has 0 unspecified atom stereocenters. The van der Waals surface area contributed by atoms with E-state index in [9.17, 15) is 14.4 Å². The number of carbonyl (C=O) groups excluding carboxylic acids is 3. The highest BCUT2D eigenvalue weighted by atomic mass is 16.5. The van der Waals surface area contributed by atoms with E-state index >= 15 is 0 Å². The smallest absolute Gasteiger partial charge is 0.318 e. The minimum atomic E-state index is -0.761.